The number of nitrogens with zero attached hydrogens (tertiary/aromatic N) is 2. The predicted molar refractivity (Wildman–Crippen MR) is 82.5 cm³/mol. The molecule has 6 heteroatoms. The molecule has 0 aliphatic carbocycles. The highest BCUT2D eigenvalue weighted by Crippen LogP contribution is 2.26. The summed E-state index contributed by atoms with van der Waals surface area (Å²) in [6.07, 6.45) is 2.22. The minimum absolute atomic E-state index is 0. The van der Waals surface area contributed by atoms with Gasteiger partial charge in [-0.25, -0.2) is 0 Å². The average Bonchev–Trinajstić information content (AvgIpc) is 2.62. The normalized spacial score (nSPS) is 17.4. The highest BCUT2D eigenvalue weighted by Gasteiger charge is 2.28. The van der Waals surface area contributed by atoms with Crippen molar-refractivity contribution >= 4 is 18.3 Å². The highest BCUT2D eigenvalue weighted by atomic mass is 35.5. The van der Waals surface area contributed by atoms with Gasteiger partial charge in [-0.3, -0.25) is 9.48 Å². The molecule has 1 fully saturated rings. The Morgan fingerprint density at radius 1 is 1.40 bits per heavy atom. The van der Waals surface area contributed by atoms with Crippen LogP contribution in [0, 0.1) is 19.3 Å². The zero-order valence-electron chi connectivity index (χ0n) is 12.7. The van der Waals surface area contributed by atoms with Gasteiger partial charge in [0.2, 0.25) is 0 Å². The van der Waals surface area contributed by atoms with E-state index in [1.54, 1.807) is 4.68 Å². The number of carbonyl (C=O) groups is 1. The van der Waals surface area contributed by atoms with Gasteiger partial charge in [-0.15, -0.1) is 12.4 Å². The van der Waals surface area contributed by atoms with Gasteiger partial charge < -0.3 is 10.6 Å². The Kier molecular flexibility index (Phi) is 5.59. The smallest absolute Gasteiger partial charge is 0.255 e. The molecule has 1 aromatic heterocycles. The molecule has 2 heterocycles. The van der Waals surface area contributed by atoms with E-state index in [1.807, 2.05) is 20.9 Å². The van der Waals surface area contributed by atoms with Crippen LogP contribution in [0.2, 0.25) is 0 Å². The standard InChI is InChI=1S/C14H24N4O.ClH/c1-10-12(11(2)18(4)17-10)13(19)16-9-14(3)5-7-15-8-6-14;/h15H,5-9H2,1-4H3,(H,16,19);1H. The van der Waals surface area contributed by atoms with Crippen LogP contribution in [0.3, 0.4) is 0 Å². The van der Waals surface area contributed by atoms with Crippen LogP contribution in [0.25, 0.3) is 0 Å². The second kappa shape index (κ2) is 6.59. The fourth-order valence-electron chi connectivity index (χ4n) is 2.69. The molecule has 0 aromatic carbocycles. The van der Waals surface area contributed by atoms with Crippen LogP contribution < -0.4 is 10.6 Å². The van der Waals surface area contributed by atoms with E-state index < -0.39 is 0 Å². The van der Waals surface area contributed by atoms with E-state index in [0.717, 1.165) is 49.4 Å². The molecular weight excluding hydrogens is 276 g/mol. The predicted octanol–water partition coefficient (Wildman–Crippen LogP) is 1.58. The summed E-state index contributed by atoms with van der Waals surface area (Å²) in [5.74, 6) is 0.00265. The fourth-order valence-corrected chi connectivity index (χ4v) is 2.69. The Morgan fingerprint density at radius 3 is 2.50 bits per heavy atom. The lowest BCUT2D eigenvalue weighted by Gasteiger charge is -2.34. The number of aromatic nitrogens is 2. The lowest BCUT2D eigenvalue weighted by atomic mass is 9.81. The van der Waals surface area contributed by atoms with Crippen molar-refractivity contribution in [2.45, 2.75) is 33.6 Å². The van der Waals surface area contributed by atoms with Gasteiger partial charge in [-0.05, 0) is 45.2 Å². The number of hydrogen-bond donors (Lipinski definition) is 2. The van der Waals surface area contributed by atoms with E-state index in [-0.39, 0.29) is 23.7 Å². The van der Waals surface area contributed by atoms with Crippen molar-refractivity contribution in [1.82, 2.24) is 20.4 Å². The number of carbonyl (C=O) groups excluding carboxylic acids is 1. The Balaban J connectivity index is 0.00000200. The molecule has 1 amide bonds. The Morgan fingerprint density at radius 2 is 2.00 bits per heavy atom. The largest absolute Gasteiger partial charge is 0.351 e. The van der Waals surface area contributed by atoms with Gasteiger partial charge in [0.1, 0.15) is 0 Å². The molecule has 1 aliphatic heterocycles. The van der Waals surface area contributed by atoms with Crippen LogP contribution >= 0.6 is 12.4 Å². The number of halogens is 1. The van der Waals surface area contributed by atoms with Crippen LogP contribution in [0.15, 0.2) is 0 Å². The molecule has 2 rings (SSSR count). The molecular formula is C14H25ClN4O. The molecule has 1 saturated heterocycles. The average molecular weight is 301 g/mol. The molecule has 0 saturated carbocycles. The summed E-state index contributed by atoms with van der Waals surface area (Å²) in [7, 11) is 1.87. The van der Waals surface area contributed by atoms with Crippen molar-refractivity contribution in [3.05, 3.63) is 17.0 Å². The van der Waals surface area contributed by atoms with Gasteiger partial charge in [0.15, 0.2) is 0 Å². The summed E-state index contributed by atoms with van der Waals surface area (Å²) in [4.78, 5) is 12.3. The fraction of sp³-hybridized carbons (Fsp3) is 0.714. The number of piperidine rings is 1. The van der Waals surface area contributed by atoms with Crippen molar-refractivity contribution in [3.8, 4) is 0 Å². The van der Waals surface area contributed by atoms with E-state index in [1.165, 1.54) is 0 Å². The molecule has 20 heavy (non-hydrogen) atoms. The third-order valence-corrected chi connectivity index (χ3v) is 4.22. The molecule has 5 nitrogen and oxygen atoms in total. The monoisotopic (exact) mass is 300 g/mol. The van der Waals surface area contributed by atoms with Gasteiger partial charge in [-0.2, -0.15) is 5.10 Å². The molecule has 0 spiro atoms. The quantitative estimate of drug-likeness (QED) is 0.891. The number of nitrogens with one attached hydrogen (secondary N) is 2. The zero-order chi connectivity index (χ0) is 14.0. The van der Waals surface area contributed by atoms with Crippen molar-refractivity contribution in [2.24, 2.45) is 12.5 Å². The van der Waals surface area contributed by atoms with Gasteiger partial charge >= 0.3 is 0 Å². The van der Waals surface area contributed by atoms with Crippen LogP contribution in [-0.2, 0) is 7.05 Å². The van der Waals surface area contributed by atoms with Gasteiger partial charge in [0.05, 0.1) is 11.3 Å². The Hall–Kier alpha value is -1.07. The van der Waals surface area contributed by atoms with Crippen molar-refractivity contribution in [1.29, 1.82) is 0 Å². The maximum absolute atomic E-state index is 12.3. The first-order chi connectivity index (χ1) is 8.93. The summed E-state index contributed by atoms with van der Waals surface area (Å²) in [6, 6.07) is 0. The summed E-state index contributed by atoms with van der Waals surface area (Å²) in [5.41, 5.74) is 2.66. The highest BCUT2D eigenvalue weighted by molar-refractivity contribution is 5.96. The van der Waals surface area contributed by atoms with Crippen LogP contribution in [0.4, 0.5) is 0 Å². The van der Waals surface area contributed by atoms with Gasteiger partial charge in [0.25, 0.3) is 5.91 Å². The molecule has 2 N–H and O–H groups in total. The van der Waals surface area contributed by atoms with E-state index >= 15 is 0 Å². The van der Waals surface area contributed by atoms with E-state index in [4.69, 9.17) is 0 Å². The first-order valence-electron chi connectivity index (χ1n) is 6.92. The minimum atomic E-state index is 0. The Bertz CT molecular complexity index is 478. The van der Waals surface area contributed by atoms with E-state index in [2.05, 4.69) is 22.7 Å². The SMILES string of the molecule is Cc1nn(C)c(C)c1C(=O)NCC1(C)CCNCC1.Cl. The maximum atomic E-state index is 12.3. The van der Waals surface area contributed by atoms with E-state index in [9.17, 15) is 4.79 Å². The molecule has 114 valence electrons. The summed E-state index contributed by atoms with van der Waals surface area (Å²) < 4.78 is 1.76. The maximum Gasteiger partial charge on any atom is 0.255 e. The first kappa shape index (κ1) is 17.0. The zero-order valence-corrected chi connectivity index (χ0v) is 13.6. The summed E-state index contributed by atoms with van der Waals surface area (Å²) in [5, 5.41) is 10.7. The summed E-state index contributed by atoms with van der Waals surface area (Å²) in [6.45, 7) is 8.88. The number of rotatable bonds is 3. The van der Waals surface area contributed by atoms with Gasteiger partial charge in [0, 0.05) is 19.3 Å². The molecule has 0 unspecified atom stereocenters. The lowest BCUT2D eigenvalue weighted by molar-refractivity contribution is 0.0921. The third kappa shape index (κ3) is 3.52. The molecule has 0 bridgehead atoms. The second-order valence-electron chi connectivity index (χ2n) is 5.91. The van der Waals surface area contributed by atoms with Crippen molar-refractivity contribution < 1.29 is 4.79 Å². The minimum Gasteiger partial charge on any atom is -0.351 e. The van der Waals surface area contributed by atoms with Crippen molar-refractivity contribution in [2.75, 3.05) is 19.6 Å². The number of hydrogen-bond acceptors (Lipinski definition) is 3. The number of aryl methyl sites for hydroxylation is 2. The Labute approximate surface area is 126 Å². The van der Waals surface area contributed by atoms with Crippen LogP contribution in [-0.4, -0.2) is 35.3 Å². The topological polar surface area (TPSA) is 59.0 Å². The lowest BCUT2D eigenvalue weighted by Crippen LogP contribution is -2.43. The molecule has 0 radical (unpaired) electrons. The third-order valence-electron chi connectivity index (χ3n) is 4.22. The second-order valence-corrected chi connectivity index (χ2v) is 5.91. The molecule has 1 aliphatic rings. The first-order valence-corrected chi connectivity index (χ1v) is 6.92. The van der Waals surface area contributed by atoms with Crippen LogP contribution in [0.1, 0.15) is 41.5 Å². The number of amides is 1. The van der Waals surface area contributed by atoms with Crippen molar-refractivity contribution in [3.63, 3.8) is 0 Å². The molecule has 0 atom stereocenters. The summed E-state index contributed by atoms with van der Waals surface area (Å²) >= 11 is 0. The van der Waals surface area contributed by atoms with E-state index in [0.29, 0.717) is 0 Å². The van der Waals surface area contributed by atoms with Crippen LogP contribution in [0.5, 0.6) is 0 Å². The van der Waals surface area contributed by atoms with Gasteiger partial charge in [-0.1, -0.05) is 6.92 Å². The molecule has 1 aromatic rings.